The Morgan fingerprint density at radius 1 is 1.06 bits per heavy atom. The largest absolute Gasteiger partial charge is 0.397 e. The summed E-state index contributed by atoms with van der Waals surface area (Å²) in [5.74, 6) is -0.289. The highest BCUT2D eigenvalue weighted by Gasteiger charge is 2.16. The molecule has 1 fully saturated rings. The third kappa shape index (κ3) is 4.10. The van der Waals surface area contributed by atoms with Crippen LogP contribution in [0.1, 0.15) is 29.0 Å². The maximum Gasteiger partial charge on any atom is 0.276 e. The number of carbonyl (C=O) groups excluding carboxylic acids is 1. The van der Waals surface area contributed by atoms with Crippen molar-refractivity contribution in [2.45, 2.75) is 19.4 Å². The molecule has 0 radical (unpaired) electrons. The van der Waals surface area contributed by atoms with Crippen molar-refractivity contribution in [3.05, 3.63) is 66.4 Å². The maximum absolute atomic E-state index is 12.9. The summed E-state index contributed by atoms with van der Waals surface area (Å²) < 4.78 is 0. The zero-order valence-electron chi connectivity index (χ0n) is 17.0. The van der Waals surface area contributed by atoms with E-state index in [1.807, 2.05) is 36.4 Å². The van der Waals surface area contributed by atoms with Crippen LogP contribution < -0.4 is 11.1 Å². The Labute approximate surface area is 179 Å². The topological polar surface area (TPSA) is 113 Å². The lowest BCUT2D eigenvalue weighted by Crippen LogP contribution is -2.19. The van der Waals surface area contributed by atoms with E-state index in [0.717, 1.165) is 47.4 Å². The molecule has 4 N–H and O–H groups in total. The number of rotatable bonds is 5. The smallest absolute Gasteiger partial charge is 0.276 e. The molecule has 1 amide bonds. The molecule has 0 atom stereocenters. The molecule has 4 heterocycles. The van der Waals surface area contributed by atoms with Crippen molar-refractivity contribution in [1.82, 2.24) is 25.1 Å². The van der Waals surface area contributed by atoms with E-state index in [1.165, 1.54) is 12.8 Å². The number of hydrogen-bond acceptors (Lipinski definition) is 6. The molecule has 1 saturated heterocycles. The van der Waals surface area contributed by atoms with E-state index in [1.54, 1.807) is 18.6 Å². The number of hydrogen-bond donors (Lipinski definition) is 3. The number of nitrogens with zero attached hydrogens (tertiary/aromatic N) is 4. The predicted octanol–water partition coefficient (Wildman–Crippen LogP) is 3.45. The molecule has 4 aromatic rings. The summed E-state index contributed by atoms with van der Waals surface area (Å²) in [6.45, 7) is 3.10. The van der Waals surface area contributed by atoms with Crippen molar-refractivity contribution in [2.75, 3.05) is 24.1 Å². The van der Waals surface area contributed by atoms with Crippen LogP contribution in [0.4, 0.5) is 11.4 Å². The Hall–Kier alpha value is -3.78. The number of nitrogens with one attached hydrogen (secondary N) is 2. The minimum Gasteiger partial charge on any atom is -0.397 e. The van der Waals surface area contributed by atoms with Crippen LogP contribution in [0.5, 0.6) is 0 Å². The van der Waals surface area contributed by atoms with Crippen molar-refractivity contribution in [1.29, 1.82) is 0 Å². The number of amides is 1. The van der Waals surface area contributed by atoms with Crippen LogP contribution in [0, 0.1) is 0 Å². The summed E-state index contributed by atoms with van der Waals surface area (Å²) in [5, 5.41) is 10.8. The second-order valence-corrected chi connectivity index (χ2v) is 7.82. The summed E-state index contributed by atoms with van der Waals surface area (Å²) in [6.07, 6.45) is 7.54. The van der Waals surface area contributed by atoms with Gasteiger partial charge in [-0.3, -0.25) is 24.8 Å². The maximum atomic E-state index is 12.9. The summed E-state index contributed by atoms with van der Waals surface area (Å²) in [4.78, 5) is 23.9. The monoisotopic (exact) mass is 413 g/mol. The van der Waals surface area contributed by atoms with Gasteiger partial charge in [0.05, 0.1) is 28.8 Å². The van der Waals surface area contributed by atoms with Crippen LogP contribution in [0.2, 0.25) is 0 Å². The summed E-state index contributed by atoms with van der Waals surface area (Å²) in [6, 6.07) is 11.5. The molecule has 0 bridgehead atoms. The van der Waals surface area contributed by atoms with E-state index in [0.29, 0.717) is 17.1 Å². The minimum atomic E-state index is -0.289. The van der Waals surface area contributed by atoms with Crippen LogP contribution in [0.25, 0.3) is 22.0 Å². The molecule has 1 aliphatic heterocycles. The highest BCUT2D eigenvalue weighted by Crippen LogP contribution is 2.26. The van der Waals surface area contributed by atoms with Crippen LogP contribution in [0.3, 0.4) is 0 Å². The first-order valence-corrected chi connectivity index (χ1v) is 10.3. The summed E-state index contributed by atoms with van der Waals surface area (Å²) >= 11 is 0. The van der Waals surface area contributed by atoms with Crippen molar-refractivity contribution in [2.24, 2.45) is 0 Å². The van der Waals surface area contributed by atoms with Gasteiger partial charge in [0.2, 0.25) is 0 Å². The molecule has 5 rings (SSSR count). The van der Waals surface area contributed by atoms with Gasteiger partial charge in [0.25, 0.3) is 5.91 Å². The van der Waals surface area contributed by atoms with E-state index in [-0.39, 0.29) is 5.91 Å². The van der Waals surface area contributed by atoms with Gasteiger partial charge in [0.15, 0.2) is 5.69 Å². The Balaban J connectivity index is 1.35. The van der Waals surface area contributed by atoms with Crippen molar-refractivity contribution in [3.8, 4) is 11.1 Å². The molecular formula is C23H23N7O. The van der Waals surface area contributed by atoms with Crippen LogP contribution in [-0.2, 0) is 6.54 Å². The lowest BCUT2D eigenvalue weighted by molar-refractivity contribution is 0.102. The second-order valence-electron chi connectivity index (χ2n) is 7.82. The standard InChI is InChI=1S/C23H23N7O/c24-17-9-16(11-25-12-17)15-3-6-21-20(10-15)22(29-28-21)23(31)27-18-4-5-19(26-13-18)14-30-7-1-2-8-30/h3-6,9-13H,1-2,7-8,14,24H2,(H,27,31)(H,28,29). The van der Waals surface area contributed by atoms with Crippen LogP contribution in [-0.4, -0.2) is 44.1 Å². The lowest BCUT2D eigenvalue weighted by atomic mass is 10.0. The summed E-state index contributed by atoms with van der Waals surface area (Å²) in [5.41, 5.74) is 11.0. The number of aromatic nitrogens is 4. The zero-order valence-corrected chi connectivity index (χ0v) is 17.0. The van der Waals surface area contributed by atoms with Gasteiger partial charge in [0.1, 0.15) is 0 Å². The fraction of sp³-hybridized carbons (Fsp3) is 0.217. The normalized spacial score (nSPS) is 14.2. The number of anilines is 2. The first-order valence-electron chi connectivity index (χ1n) is 10.3. The fourth-order valence-electron chi connectivity index (χ4n) is 3.93. The van der Waals surface area contributed by atoms with Crippen molar-refractivity contribution in [3.63, 3.8) is 0 Å². The SMILES string of the molecule is Nc1cncc(-c2ccc3[nH]nc(C(=O)Nc4ccc(CN5CCCC5)nc4)c3c2)c1. The van der Waals surface area contributed by atoms with E-state index in [2.05, 4.69) is 30.4 Å². The fourth-order valence-corrected chi connectivity index (χ4v) is 3.93. The number of aromatic amines is 1. The molecule has 1 aliphatic rings. The molecule has 0 spiro atoms. The third-order valence-electron chi connectivity index (χ3n) is 5.54. The van der Waals surface area contributed by atoms with E-state index < -0.39 is 0 Å². The van der Waals surface area contributed by atoms with Gasteiger partial charge in [-0.15, -0.1) is 0 Å². The van der Waals surface area contributed by atoms with Gasteiger partial charge in [-0.25, -0.2) is 0 Å². The van der Waals surface area contributed by atoms with Gasteiger partial charge < -0.3 is 11.1 Å². The zero-order chi connectivity index (χ0) is 21.2. The number of H-pyrrole nitrogens is 1. The Bertz CT molecular complexity index is 1230. The van der Waals surface area contributed by atoms with Gasteiger partial charge in [-0.2, -0.15) is 5.10 Å². The molecule has 156 valence electrons. The lowest BCUT2D eigenvalue weighted by Gasteiger charge is -2.13. The van der Waals surface area contributed by atoms with Gasteiger partial charge in [0, 0.05) is 29.9 Å². The number of nitrogens with two attached hydrogens (primary N) is 1. The first kappa shape index (κ1) is 19.2. The van der Waals surface area contributed by atoms with Crippen LogP contribution >= 0.6 is 0 Å². The second kappa shape index (κ2) is 8.16. The van der Waals surface area contributed by atoms with Crippen molar-refractivity contribution >= 4 is 28.2 Å². The van der Waals surface area contributed by atoms with E-state index >= 15 is 0 Å². The average molecular weight is 413 g/mol. The van der Waals surface area contributed by atoms with E-state index in [9.17, 15) is 4.79 Å². The molecule has 31 heavy (non-hydrogen) atoms. The number of pyridine rings is 2. The Morgan fingerprint density at radius 3 is 2.71 bits per heavy atom. The molecule has 3 aromatic heterocycles. The van der Waals surface area contributed by atoms with Gasteiger partial charge in [-0.1, -0.05) is 6.07 Å². The number of carbonyl (C=O) groups is 1. The molecule has 8 nitrogen and oxygen atoms in total. The third-order valence-corrected chi connectivity index (χ3v) is 5.54. The molecule has 0 saturated carbocycles. The predicted molar refractivity (Wildman–Crippen MR) is 120 cm³/mol. The van der Waals surface area contributed by atoms with Gasteiger partial charge >= 0.3 is 0 Å². The highest BCUT2D eigenvalue weighted by atomic mass is 16.1. The molecule has 8 heteroatoms. The molecular weight excluding hydrogens is 390 g/mol. The molecule has 0 unspecified atom stereocenters. The highest BCUT2D eigenvalue weighted by molar-refractivity contribution is 6.11. The van der Waals surface area contributed by atoms with Crippen molar-refractivity contribution < 1.29 is 4.79 Å². The number of likely N-dealkylation sites (tertiary alicyclic amines) is 1. The average Bonchev–Trinajstić information content (AvgIpc) is 3.44. The molecule has 1 aromatic carbocycles. The first-order chi connectivity index (χ1) is 15.2. The minimum absolute atomic E-state index is 0.289. The quantitative estimate of drug-likeness (QED) is 0.462. The Kier molecular flexibility index (Phi) is 5.05. The molecule has 0 aliphatic carbocycles. The van der Waals surface area contributed by atoms with Gasteiger partial charge in [-0.05, 0) is 61.8 Å². The van der Waals surface area contributed by atoms with Crippen LogP contribution in [0.15, 0.2) is 55.0 Å². The Morgan fingerprint density at radius 2 is 1.94 bits per heavy atom. The van der Waals surface area contributed by atoms with E-state index in [4.69, 9.17) is 5.73 Å². The number of benzene rings is 1. The number of fused-ring (bicyclic) bond motifs is 1. The number of nitrogen functional groups attached to an aromatic ring is 1. The summed E-state index contributed by atoms with van der Waals surface area (Å²) in [7, 11) is 0.